The lowest BCUT2D eigenvalue weighted by molar-refractivity contribution is -0.149. The Morgan fingerprint density at radius 1 is 1.50 bits per heavy atom. The Morgan fingerprint density at radius 2 is 2.21 bits per heavy atom. The molecule has 0 aromatic heterocycles. The highest BCUT2D eigenvalue weighted by Gasteiger charge is 2.77. The first kappa shape index (κ1) is 8.72. The highest BCUT2D eigenvalue weighted by Crippen LogP contribution is 2.72. The van der Waals surface area contributed by atoms with Crippen molar-refractivity contribution < 1.29 is 9.90 Å². The van der Waals surface area contributed by atoms with Gasteiger partial charge in [-0.05, 0) is 30.6 Å². The van der Waals surface area contributed by atoms with Gasteiger partial charge in [-0.3, -0.25) is 4.79 Å². The molecule has 78 valence electrons. The van der Waals surface area contributed by atoms with Gasteiger partial charge in [-0.25, -0.2) is 0 Å². The molecule has 3 heteroatoms. The fraction of sp³-hybridized carbons (Fsp3) is 0.909. The summed E-state index contributed by atoms with van der Waals surface area (Å²) in [4.78, 5) is 11.5. The molecular weight excluding hydrogens is 178 g/mol. The van der Waals surface area contributed by atoms with Crippen LogP contribution in [-0.4, -0.2) is 23.2 Å². The second kappa shape index (κ2) is 2.01. The summed E-state index contributed by atoms with van der Waals surface area (Å²) in [5, 5.41) is 12.7. The zero-order chi connectivity index (χ0) is 10.2. The van der Waals surface area contributed by atoms with E-state index in [0.717, 1.165) is 19.4 Å². The summed E-state index contributed by atoms with van der Waals surface area (Å²) < 4.78 is 0. The number of hydrogen-bond donors (Lipinski definition) is 2. The lowest BCUT2D eigenvalue weighted by atomic mass is 9.66. The van der Waals surface area contributed by atoms with Crippen LogP contribution in [0.4, 0.5) is 0 Å². The van der Waals surface area contributed by atoms with Gasteiger partial charge in [-0.1, -0.05) is 13.8 Å². The van der Waals surface area contributed by atoms with Crippen LogP contribution >= 0.6 is 0 Å². The second-order valence-corrected chi connectivity index (χ2v) is 5.75. The maximum atomic E-state index is 11.5. The first-order chi connectivity index (χ1) is 6.46. The van der Waals surface area contributed by atoms with Crippen molar-refractivity contribution >= 4 is 5.97 Å². The van der Waals surface area contributed by atoms with Crippen molar-refractivity contribution in [1.82, 2.24) is 5.32 Å². The summed E-state index contributed by atoms with van der Waals surface area (Å²) in [6, 6.07) is 0. The molecule has 4 atom stereocenters. The molecule has 3 nitrogen and oxygen atoms in total. The monoisotopic (exact) mass is 195 g/mol. The van der Waals surface area contributed by atoms with Gasteiger partial charge in [0.25, 0.3) is 0 Å². The summed E-state index contributed by atoms with van der Waals surface area (Å²) in [6.07, 6.45) is 3.15. The van der Waals surface area contributed by atoms with Gasteiger partial charge in [-0.15, -0.1) is 0 Å². The van der Waals surface area contributed by atoms with Crippen LogP contribution in [0.5, 0.6) is 0 Å². The molecule has 14 heavy (non-hydrogen) atoms. The van der Waals surface area contributed by atoms with E-state index in [1.54, 1.807) is 0 Å². The smallest absolute Gasteiger partial charge is 0.324 e. The molecule has 3 aliphatic rings. The van der Waals surface area contributed by atoms with Gasteiger partial charge < -0.3 is 10.4 Å². The number of nitrogens with one attached hydrogen (secondary N) is 1. The molecule has 0 amide bonds. The molecule has 1 saturated heterocycles. The number of carboxylic acids is 1. The predicted octanol–water partition coefficient (Wildman–Crippen LogP) is 1.24. The van der Waals surface area contributed by atoms with Gasteiger partial charge in [0.05, 0.1) is 0 Å². The average Bonchev–Trinajstić information content (AvgIpc) is 2.58. The molecule has 3 rings (SSSR count). The van der Waals surface area contributed by atoms with Crippen molar-refractivity contribution in [3.8, 4) is 0 Å². The van der Waals surface area contributed by atoms with Crippen LogP contribution in [0.3, 0.4) is 0 Å². The summed E-state index contributed by atoms with van der Waals surface area (Å²) >= 11 is 0. The third kappa shape index (κ3) is 0.553. The molecule has 4 bridgehead atoms. The Labute approximate surface area is 83.9 Å². The van der Waals surface area contributed by atoms with E-state index in [1.165, 1.54) is 6.42 Å². The minimum atomic E-state index is -0.633. The maximum Gasteiger partial charge on any atom is 0.324 e. The average molecular weight is 195 g/mol. The van der Waals surface area contributed by atoms with Crippen molar-refractivity contribution in [3.63, 3.8) is 0 Å². The van der Waals surface area contributed by atoms with Crippen molar-refractivity contribution in [2.75, 3.05) is 6.54 Å². The van der Waals surface area contributed by atoms with Crippen LogP contribution in [0.2, 0.25) is 0 Å². The van der Waals surface area contributed by atoms with E-state index in [9.17, 15) is 9.90 Å². The van der Waals surface area contributed by atoms with E-state index >= 15 is 0 Å². The number of carbonyl (C=O) groups is 1. The van der Waals surface area contributed by atoms with E-state index in [4.69, 9.17) is 0 Å². The van der Waals surface area contributed by atoms with E-state index in [0.29, 0.717) is 5.92 Å². The summed E-state index contributed by atoms with van der Waals surface area (Å²) in [5.74, 6) is -0.00391. The first-order valence-electron chi connectivity index (χ1n) is 5.45. The van der Waals surface area contributed by atoms with Crippen LogP contribution in [0.15, 0.2) is 0 Å². The lowest BCUT2D eigenvalue weighted by Gasteiger charge is -2.39. The molecule has 0 radical (unpaired) electrons. The zero-order valence-corrected chi connectivity index (χ0v) is 8.76. The van der Waals surface area contributed by atoms with Crippen molar-refractivity contribution in [3.05, 3.63) is 0 Å². The van der Waals surface area contributed by atoms with E-state index < -0.39 is 11.5 Å². The Morgan fingerprint density at radius 3 is 2.64 bits per heavy atom. The SMILES string of the molecule is CC12CNC3(C(=O)O)CC1CCC32C. The fourth-order valence-corrected chi connectivity index (χ4v) is 4.48. The highest BCUT2D eigenvalue weighted by atomic mass is 16.4. The van der Waals surface area contributed by atoms with Crippen LogP contribution in [-0.2, 0) is 4.79 Å². The van der Waals surface area contributed by atoms with Gasteiger partial charge in [0.15, 0.2) is 0 Å². The molecule has 2 N–H and O–H groups in total. The first-order valence-corrected chi connectivity index (χ1v) is 5.45. The third-order valence-corrected chi connectivity index (χ3v) is 5.77. The summed E-state index contributed by atoms with van der Waals surface area (Å²) in [5.41, 5.74) is -0.396. The number of rotatable bonds is 1. The Bertz CT molecular complexity index is 329. The maximum absolute atomic E-state index is 11.5. The number of carboxylic acid groups (broad SMARTS) is 1. The Balaban J connectivity index is 2.18. The standard InChI is InChI=1S/C11H17NO2/c1-9-6-12-11(8(13)14)5-7(9)3-4-10(9,11)2/h7,12H,3-6H2,1-2H3,(H,13,14). The predicted molar refractivity (Wildman–Crippen MR) is 51.9 cm³/mol. The summed E-state index contributed by atoms with van der Waals surface area (Å²) in [7, 11) is 0. The van der Waals surface area contributed by atoms with Crippen LogP contribution in [0, 0.1) is 16.7 Å². The molecule has 0 spiro atoms. The molecule has 4 unspecified atom stereocenters. The van der Waals surface area contributed by atoms with Gasteiger partial charge in [0.2, 0.25) is 0 Å². The minimum Gasteiger partial charge on any atom is -0.480 e. The third-order valence-electron chi connectivity index (χ3n) is 5.77. The van der Waals surface area contributed by atoms with Crippen molar-refractivity contribution in [1.29, 1.82) is 0 Å². The molecule has 1 aliphatic heterocycles. The molecule has 3 fully saturated rings. The molecule has 1 heterocycles. The van der Waals surface area contributed by atoms with Gasteiger partial charge >= 0.3 is 5.97 Å². The largest absolute Gasteiger partial charge is 0.480 e. The molecule has 2 aliphatic carbocycles. The van der Waals surface area contributed by atoms with E-state index in [-0.39, 0.29) is 10.8 Å². The lowest BCUT2D eigenvalue weighted by Crippen LogP contribution is -2.57. The normalized spacial score (nSPS) is 59.4. The van der Waals surface area contributed by atoms with Gasteiger partial charge in [0.1, 0.15) is 5.54 Å². The van der Waals surface area contributed by atoms with Gasteiger partial charge in [-0.2, -0.15) is 0 Å². The fourth-order valence-electron chi connectivity index (χ4n) is 4.48. The number of hydrogen-bond acceptors (Lipinski definition) is 2. The molecule has 2 saturated carbocycles. The molecular formula is C11H17NO2. The van der Waals surface area contributed by atoms with Crippen LogP contribution in [0.1, 0.15) is 33.1 Å². The second-order valence-electron chi connectivity index (χ2n) is 5.75. The topological polar surface area (TPSA) is 49.3 Å². The summed E-state index contributed by atoms with van der Waals surface area (Å²) in [6.45, 7) is 5.34. The highest BCUT2D eigenvalue weighted by molar-refractivity contribution is 5.82. The quantitative estimate of drug-likeness (QED) is 0.662. The van der Waals surface area contributed by atoms with Crippen LogP contribution in [0.25, 0.3) is 0 Å². The van der Waals surface area contributed by atoms with E-state index in [1.807, 2.05) is 0 Å². The van der Waals surface area contributed by atoms with Crippen LogP contribution < -0.4 is 5.32 Å². The Hall–Kier alpha value is -0.570. The van der Waals surface area contributed by atoms with Gasteiger partial charge in [0, 0.05) is 12.0 Å². The zero-order valence-electron chi connectivity index (χ0n) is 8.76. The van der Waals surface area contributed by atoms with Crippen molar-refractivity contribution in [2.24, 2.45) is 16.7 Å². The van der Waals surface area contributed by atoms with E-state index in [2.05, 4.69) is 19.2 Å². The number of piperidine rings is 1. The number of aliphatic carboxylic acids is 1. The minimum absolute atomic E-state index is 0.0174. The Kier molecular flexibility index (Phi) is 1.25. The van der Waals surface area contributed by atoms with Crippen molar-refractivity contribution in [2.45, 2.75) is 38.6 Å². The molecule has 0 aromatic rings. The molecule has 0 aromatic carbocycles.